The highest BCUT2D eigenvalue weighted by molar-refractivity contribution is 6.02. The van der Waals surface area contributed by atoms with Crippen LogP contribution in [-0.4, -0.2) is 17.5 Å². The summed E-state index contributed by atoms with van der Waals surface area (Å²) in [6.45, 7) is 1.81. The number of carbonyl (C=O) groups is 2. The first-order valence-corrected chi connectivity index (χ1v) is 7.94. The molecule has 0 spiro atoms. The van der Waals surface area contributed by atoms with Crippen LogP contribution in [0.15, 0.2) is 59.7 Å². The number of anilines is 1. The predicted octanol–water partition coefficient (Wildman–Crippen LogP) is 3.19. The minimum Gasteiger partial charge on any atom is -0.326 e. The third kappa shape index (κ3) is 4.07. The zero-order chi connectivity index (χ0) is 16.9. The maximum atomic E-state index is 12.0. The Kier molecular flexibility index (Phi) is 4.70. The van der Waals surface area contributed by atoms with E-state index in [1.807, 2.05) is 37.3 Å². The molecule has 2 amide bonds. The van der Waals surface area contributed by atoms with E-state index in [-0.39, 0.29) is 17.7 Å². The van der Waals surface area contributed by atoms with Crippen LogP contribution in [0.1, 0.15) is 35.7 Å². The Labute approximate surface area is 140 Å². The lowest BCUT2D eigenvalue weighted by molar-refractivity contribution is -0.117. The lowest BCUT2D eigenvalue weighted by Gasteiger charge is -2.07. The summed E-state index contributed by atoms with van der Waals surface area (Å²) >= 11 is 0. The minimum atomic E-state index is -0.256. The summed E-state index contributed by atoms with van der Waals surface area (Å²) < 4.78 is 0. The van der Waals surface area contributed by atoms with Gasteiger partial charge in [-0.3, -0.25) is 9.59 Å². The molecule has 0 heterocycles. The van der Waals surface area contributed by atoms with E-state index in [1.54, 1.807) is 24.3 Å². The van der Waals surface area contributed by atoms with Crippen molar-refractivity contribution in [3.05, 3.63) is 65.7 Å². The quantitative estimate of drug-likeness (QED) is 0.656. The van der Waals surface area contributed by atoms with Crippen molar-refractivity contribution < 1.29 is 9.59 Å². The fourth-order valence-corrected chi connectivity index (χ4v) is 2.27. The molecule has 5 nitrogen and oxygen atoms in total. The molecular formula is C19H19N3O2. The van der Waals surface area contributed by atoms with Gasteiger partial charge in [0.15, 0.2) is 0 Å². The van der Waals surface area contributed by atoms with Gasteiger partial charge >= 0.3 is 0 Å². The molecule has 0 atom stereocenters. The fourth-order valence-electron chi connectivity index (χ4n) is 2.27. The van der Waals surface area contributed by atoms with Crippen LogP contribution in [0.5, 0.6) is 0 Å². The maximum Gasteiger partial charge on any atom is 0.271 e. The molecule has 0 unspecified atom stereocenters. The average Bonchev–Trinajstić information content (AvgIpc) is 3.45. The van der Waals surface area contributed by atoms with Crippen LogP contribution in [0.2, 0.25) is 0 Å². The first-order chi connectivity index (χ1) is 11.6. The van der Waals surface area contributed by atoms with E-state index in [0.717, 1.165) is 24.1 Å². The second kappa shape index (κ2) is 7.08. The summed E-state index contributed by atoms with van der Waals surface area (Å²) in [5.41, 5.74) is 5.36. The SMILES string of the molecule is C/C(=N\NC(=O)c1ccccc1)c1cccc(NC(=O)C2CC2)c1. The zero-order valence-corrected chi connectivity index (χ0v) is 13.5. The van der Waals surface area contributed by atoms with Gasteiger partial charge in [0, 0.05) is 17.2 Å². The lowest BCUT2D eigenvalue weighted by atomic mass is 10.1. The molecule has 2 aromatic carbocycles. The maximum absolute atomic E-state index is 12.0. The van der Waals surface area contributed by atoms with Crippen molar-refractivity contribution in [3.8, 4) is 0 Å². The van der Waals surface area contributed by atoms with E-state index in [9.17, 15) is 9.59 Å². The number of carbonyl (C=O) groups excluding carboxylic acids is 2. The number of hydrogen-bond acceptors (Lipinski definition) is 3. The molecule has 1 aliphatic carbocycles. The normalized spacial score (nSPS) is 14.1. The van der Waals surface area contributed by atoms with Crippen molar-refractivity contribution in [2.75, 3.05) is 5.32 Å². The van der Waals surface area contributed by atoms with Gasteiger partial charge in [0.2, 0.25) is 5.91 Å². The van der Waals surface area contributed by atoms with Gasteiger partial charge in [-0.15, -0.1) is 0 Å². The molecule has 122 valence electrons. The largest absolute Gasteiger partial charge is 0.326 e. The summed E-state index contributed by atoms with van der Waals surface area (Å²) in [4.78, 5) is 23.8. The van der Waals surface area contributed by atoms with Gasteiger partial charge in [-0.1, -0.05) is 30.3 Å². The van der Waals surface area contributed by atoms with Gasteiger partial charge in [-0.25, -0.2) is 5.43 Å². The van der Waals surface area contributed by atoms with E-state index in [0.29, 0.717) is 11.3 Å². The van der Waals surface area contributed by atoms with Crippen molar-refractivity contribution in [2.45, 2.75) is 19.8 Å². The molecule has 1 fully saturated rings. The minimum absolute atomic E-state index is 0.0686. The summed E-state index contributed by atoms with van der Waals surface area (Å²) in [6.07, 6.45) is 1.94. The van der Waals surface area contributed by atoms with Gasteiger partial charge in [-0.2, -0.15) is 5.10 Å². The second-order valence-corrected chi connectivity index (χ2v) is 5.85. The van der Waals surface area contributed by atoms with Crippen molar-refractivity contribution >= 4 is 23.2 Å². The number of hydrazone groups is 1. The standard InChI is InChI=1S/C19H19N3O2/c1-13(21-22-19(24)14-6-3-2-4-7-14)16-8-5-9-17(12-16)20-18(23)15-10-11-15/h2-9,12,15H,10-11H2,1H3,(H,20,23)(H,22,24)/b21-13+. The molecule has 1 aliphatic rings. The molecule has 3 rings (SSSR count). The monoisotopic (exact) mass is 321 g/mol. The molecule has 24 heavy (non-hydrogen) atoms. The molecule has 0 aromatic heterocycles. The summed E-state index contributed by atoms with van der Waals surface area (Å²) in [5.74, 6) is -0.0270. The predicted molar refractivity (Wildman–Crippen MR) is 93.9 cm³/mol. The van der Waals surface area contributed by atoms with Crippen molar-refractivity contribution in [3.63, 3.8) is 0 Å². The van der Waals surface area contributed by atoms with Gasteiger partial charge in [0.25, 0.3) is 5.91 Å². The molecule has 0 aliphatic heterocycles. The van der Waals surface area contributed by atoms with Crippen LogP contribution in [0.25, 0.3) is 0 Å². The molecule has 1 saturated carbocycles. The average molecular weight is 321 g/mol. The summed E-state index contributed by atoms with van der Waals surface area (Å²) in [5, 5.41) is 7.05. The smallest absolute Gasteiger partial charge is 0.271 e. The van der Waals surface area contributed by atoms with E-state index in [1.165, 1.54) is 0 Å². The second-order valence-electron chi connectivity index (χ2n) is 5.85. The Balaban J connectivity index is 1.66. The summed E-state index contributed by atoms with van der Waals surface area (Å²) in [6, 6.07) is 16.4. The molecule has 0 bridgehead atoms. The Hall–Kier alpha value is -2.95. The number of rotatable bonds is 5. The zero-order valence-electron chi connectivity index (χ0n) is 13.5. The van der Waals surface area contributed by atoms with Crippen LogP contribution in [0.4, 0.5) is 5.69 Å². The van der Waals surface area contributed by atoms with E-state index >= 15 is 0 Å². The molecule has 0 saturated heterocycles. The Bertz CT molecular complexity index is 780. The first-order valence-electron chi connectivity index (χ1n) is 7.94. The van der Waals surface area contributed by atoms with Crippen LogP contribution in [-0.2, 0) is 4.79 Å². The highest BCUT2D eigenvalue weighted by atomic mass is 16.2. The van der Waals surface area contributed by atoms with Crippen LogP contribution >= 0.6 is 0 Å². The van der Waals surface area contributed by atoms with Gasteiger partial charge in [-0.05, 0) is 49.6 Å². The summed E-state index contributed by atoms with van der Waals surface area (Å²) in [7, 11) is 0. The van der Waals surface area contributed by atoms with E-state index in [4.69, 9.17) is 0 Å². The topological polar surface area (TPSA) is 70.6 Å². The fraction of sp³-hybridized carbons (Fsp3) is 0.211. The first kappa shape index (κ1) is 15.9. The van der Waals surface area contributed by atoms with Gasteiger partial charge < -0.3 is 5.32 Å². The van der Waals surface area contributed by atoms with Gasteiger partial charge in [0.1, 0.15) is 0 Å². The number of hydrogen-bond donors (Lipinski definition) is 2. The Morgan fingerprint density at radius 1 is 1.00 bits per heavy atom. The van der Waals surface area contributed by atoms with Crippen LogP contribution in [0.3, 0.4) is 0 Å². The number of benzene rings is 2. The van der Waals surface area contributed by atoms with E-state index < -0.39 is 0 Å². The van der Waals surface area contributed by atoms with Crippen molar-refractivity contribution in [2.24, 2.45) is 11.0 Å². The Morgan fingerprint density at radius 3 is 2.42 bits per heavy atom. The molecule has 2 aromatic rings. The van der Waals surface area contributed by atoms with Crippen molar-refractivity contribution in [1.82, 2.24) is 5.43 Å². The van der Waals surface area contributed by atoms with Crippen molar-refractivity contribution in [1.29, 1.82) is 0 Å². The number of nitrogens with one attached hydrogen (secondary N) is 2. The third-order valence-corrected chi connectivity index (χ3v) is 3.86. The van der Waals surface area contributed by atoms with E-state index in [2.05, 4.69) is 15.8 Å². The lowest BCUT2D eigenvalue weighted by Crippen LogP contribution is -2.19. The number of amides is 2. The van der Waals surface area contributed by atoms with Crippen LogP contribution in [0, 0.1) is 5.92 Å². The van der Waals surface area contributed by atoms with Gasteiger partial charge in [0.05, 0.1) is 5.71 Å². The molecule has 5 heteroatoms. The Morgan fingerprint density at radius 2 is 1.71 bits per heavy atom. The van der Waals surface area contributed by atoms with Crippen LogP contribution < -0.4 is 10.7 Å². The highest BCUT2D eigenvalue weighted by Gasteiger charge is 2.29. The molecule has 2 N–H and O–H groups in total. The third-order valence-electron chi connectivity index (χ3n) is 3.86. The number of nitrogens with zero attached hydrogens (tertiary/aromatic N) is 1. The molecule has 0 radical (unpaired) electrons. The highest BCUT2D eigenvalue weighted by Crippen LogP contribution is 2.30. The molecular weight excluding hydrogens is 302 g/mol.